The van der Waals surface area contributed by atoms with Crippen molar-refractivity contribution < 1.29 is 83.8 Å². The Kier molecular flexibility index (Phi) is 23.0. The Morgan fingerprint density at radius 3 is 1.96 bits per heavy atom. The molecule has 2 aromatic rings. The summed E-state index contributed by atoms with van der Waals surface area (Å²) in [6.07, 6.45) is -4.59. The molecule has 8 rings (SSSR count). The Hall–Kier alpha value is -7.00. The van der Waals surface area contributed by atoms with Gasteiger partial charge in [-0.3, -0.25) is 53.1 Å². The predicted octanol–water partition coefficient (Wildman–Crippen LogP) is 2.63. The summed E-state index contributed by atoms with van der Waals surface area (Å²) in [6, 6.07) is 2.78. The van der Waals surface area contributed by atoms with Gasteiger partial charge in [0.1, 0.15) is 18.3 Å². The molecule has 93 heavy (non-hydrogen) atoms. The maximum atomic E-state index is 14.4. The Balaban J connectivity index is 0.00000453. The Morgan fingerprint density at radius 2 is 1.39 bits per heavy atom. The molecule has 7 heterocycles. The number of aliphatic hydroxyl groups is 2. The van der Waals surface area contributed by atoms with Crippen LogP contribution in [0.2, 0.25) is 0 Å². The normalized spacial score (nSPS) is 31.0. The van der Waals surface area contributed by atoms with E-state index in [9.17, 15) is 53.2 Å². The van der Waals surface area contributed by atoms with Crippen LogP contribution in [0.25, 0.3) is 11.0 Å². The van der Waals surface area contributed by atoms with E-state index in [-0.39, 0.29) is 94.0 Å². The maximum absolute atomic E-state index is 14.4. The van der Waals surface area contributed by atoms with Crippen LogP contribution in [-0.2, 0) is 68.7 Å². The van der Waals surface area contributed by atoms with Crippen molar-refractivity contribution in [3.63, 3.8) is 0 Å². The van der Waals surface area contributed by atoms with Crippen LogP contribution in [0.5, 0.6) is 0 Å². The molecule has 15 atom stereocenters. The summed E-state index contributed by atoms with van der Waals surface area (Å²) in [5.74, 6) is -7.23. The first-order valence-electron chi connectivity index (χ1n) is 30.8. The van der Waals surface area contributed by atoms with Crippen LogP contribution in [0.15, 0.2) is 67.8 Å². The first-order valence-corrected chi connectivity index (χ1v) is 32.2. The molecule has 0 spiro atoms. The van der Waals surface area contributed by atoms with E-state index in [2.05, 4.69) is 15.6 Å². The molecule has 2 saturated heterocycles. The third-order valence-electron chi connectivity index (χ3n) is 20.6. The molecule has 2 fully saturated rings. The minimum absolute atomic E-state index is 0. The van der Waals surface area contributed by atoms with Crippen molar-refractivity contribution in [3.8, 4) is 0 Å². The summed E-state index contributed by atoms with van der Waals surface area (Å²) in [5, 5.41) is 34.6. The second-order valence-electron chi connectivity index (χ2n) is 27.1. The number of allylic oxidation sites excluding steroid dienone is 6. The number of nitrogens with two attached hydrogens (primary N) is 6. The van der Waals surface area contributed by atoms with Crippen molar-refractivity contribution >= 4 is 77.3 Å². The molecule has 0 aliphatic carbocycles. The van der Waals surface area contributed by atoms with Gasteiger partial charge in [0.25, 0.3) is 7.82 Å². The zero-order valence-corrected chi connectivity index (χ0v) is 56.4. The number of carbonyl (C=O) groups is 7. The van der Waals surface area contributed by atoms with Crippen molar-refractivity contribution in [1.82, 2.24) is 20.2 Å². The summed E-state index contributed by atoms with van der Waals surface area (Å²) in [4.78, 5) is 128. The predicted molar refractivity (Wildman–Crippen MR) is 336 cm³/mol. The Morgan fingerprint density at radius 1 is 0.806 bits per heavy atom. The minimum atomic E-state index is -5.32. The molecule has 30 heteroatoms. The molecule has 1 radical (unpaired) electrons. The van der Waals surface area contributed by atoms with E-state index >= 15 is 0 Å². The van der Waals surface area contributed by atoms with E-state index in [1.165, 1.54) is 17.8 Å². The van der Waals surface area contributed by atoms with Gasteiger partial charge in [-0.15, -0.1) is 0 Å². The number of phosphoric ester groups is 1. The van der Waals surface area contributed by atoms with Gasteiger partial charge in [-0.2, -0.15) is 0 Å². The minimum Gasteiger partial charge on any atom is -0.756 e. The van der Waals surface area contributed by atoms with Crippen molar-refractivity contribution in [2.24, 2.45) is 94.7 Å². The number of ether oxygens (including phenoxy) is 1. The van der Waals surface area contributed by atoms with Crippen LogP contribution >= 0.6 is 7.82 Å². The third-order valence-corrected chi connectivity index (χ3v) is 21.7. The number of aliphatic hydroxyl groups excluding tert-OH is 2. The fourth-order valence-electron chi connectivity index (χ4n) is 15.5. The van der Waals surface area contributed by atoms with E-state index in [1.807, 2.05) is 80.5 Å². The number of phosphoric acid groups is 1. The third kappa shape index (κ3) is 14.6. The molecule has 7 amide bonds. The number of fused-ring (bicyclic) bond motifs is 7. The maximum Gasteiger partial charge on any atom is 0.268 e. The number of primary amides is 6. The summed E-state index contributed by atoms with van der Waals surface area (Å²) < 4.78 is 31.9. The summed E-state index contributed by atoms with van der Waals surface area (Å²) in [6.45, 7) is 23.9. The van der Waals surface area contributed by atoms with Gasteiger partial charge < -0.3 is 90.3 Å². The van der Waals surface area contributed by atoms with E-state index in [4.69, 9.17) is 75.0 Å². The summed E-state index contributed by atoms with van der Waals surface area (Å²) in [5.41, 5.74) is 37.2. The quantitative estimate of drug-likeness (QED) is 0.0478. The van der Waals surface area contributed by atoms with Crippen LogP contribution in [0, 0.1) is 71.0 Å². The van der Waals surface area contributed by atoms with Gasteiger partial charge >= 0.3 is 0 Å². The SMILES string of the molecule is CC1=C2N[C@H]([C@H](CC(N)=O)[C@@]2(C)CCC(=O)NC[C@@H](C)OP(=O)([O-])O[C@H]2[C@@H](O)[C@@H](n3cnc4cc(C)c(C)cc43)O[C@@H]2CO)[C@]2(C)N=C(C(C)=C3N=C(C=C4N=C1[C@@H](CCC(N)=O)C4(C)C)[C@@H](CCC(N)=O)[C@]3(C)CC(N)=O)[C@@H](CCC(N)=O)[C@]2(C)CC(N)=O.[C-]#N.[Co]. The van der Waals surface area contributed by atoms with Crippen molar-refractivity contribution in [2.45, 2.75) is 189 Å². The van der Waals surface area contributed by atoms with Gasteiger partial charge in [0.2, 0.25) is 41.4 Å². The topological polar surface area (TPSA) is 487 Å². The number of nitrogens with zero attached hydrogens (tertiary/aromatic N) is 6. The molecule has 6 aliphatic heterocycles. The smallest absolute Gasteiger partial charge is 0.268 e. The van der Waals surface area contributed by atoms with Crippen LogP contribution in [0.4, 0.5) is 0 Å². The largest absolute Gasteiger partial charge is 0.756 e. The second kappa shape index (κ2) is 28.5. The number of aliphatic imine (C=N–C) groups is 3. The van der Waals surface area contributed by atoms with Gasteiger partial charge in [-0.25, -0.2) is 4.98 Å². The number of aromatic nitrogens is 2. The molecule has 0 saturated carbocycles. The first kappa shape index (κ1) is 75.0. The van der Waals surface area contributed by atoms with Gasteiger partial charge in [0.05, 0.1) is 47.3 Å². The second-order valence-corrected chi connectivity index (χ2v) is 28.4. The summed E-state index contributed by atoms with van der Waals surface area (Å²) in [7, 11) is -5.32. The number of hydrogen-bond donors (Lipinski definition) is 10. The molecule has 6 aliphatic rings. The number of hydrogen-bond acceptors (Lipinski definition) is 20. The molecule has 511 valence electrons. The fraction of sp³-hybridized carbons (Fsp3) is 0.619. The van der Waals surface area contributed by atoms with Crippen LogP contribution in [0.3, 0.4) is 0 Å². The van der Waals surface area contributed by atoms with Gasteiger partial charge in [-0.1, -0.05) is 34.6 Å². The fourth-order valence-corrected chi connectivity index (χ4v) is 16.6. The van der Waals surface area contributed by atoms with Crippen molar-refractivity contribution in [1.29, 1.82) is 5.26 Å². The monoisotopic (exact) mass is 1360 g/mol. The Bertz CT molecular complexity index is 3600. The van der Waals surface area contributed by atoms with Crippen LogP contribution < -0.4 is 49.9 Å². The zero-order chi connectivity index (χ0) is 68.7. The number of rotatable bonds is 26. The molecule has 1 unspecified atom stereocenters. The van der Waals surface area contributed by atoms with Crippen molar-refractivity contribution in [3.05, 3.63) is 70.5 Å². The summed E-state index contributed by atoms with van der Waals surface area (Å²) >= 11 is 0. The zero-order valence-electron chi connectivity index (χ0n) is 54.5. The average molecular weight is 1360 g/mol. The molecule has 16 N–H and O–H groups in total. The number of amides is 7. The van der Waals surface area contributed by atoms with Crippen molar-refractivity contribution in [2.75, 3.05) is 13.2 Å². The van der Waals surface area contributed by atoms with Gasteiger partial charge in [-0.05, 0) is 108 Å². The number of carbonyl (C=O) groups excluding carboxylic acids is 7. The first-order chi connectivity index (χ1) is 42.8. The standard InChI is InChI=1S/C62H90N13O14P.CN.Co/c1-29-20-39-40(21-30(29)2)75(28-70-39)57-52(84)53(41(27-76)87-57)89-90(85,86)88-31(3)26-69-49(83)18-19-59(8)37(22-46(66)80)56-62(11)61(10,25-48(68)82)36(14-17-45(65)79)51(74-62)33(5)55-60(9,24-47(67)81)34(12-15-43(63)77)38(71-55)23-42-58(6,7)35(13-16-44(64)78)50(72-42)32(4)54(59)73-56;1-2;/h20-21,23,28,31,34-37,41,52-53,56-57,73,76,84H,12-19,22,24-27H2,1-11H3,(H2,63,77)(H2,64,78)(H2,65,79)(H2,66,80)(H2,67,81)(H2,68,82)(H,69,83)(H,85,86);;/q;-1;/p-1/t31-,34-,35-,36-,37+,41-,52-,53-,56-,57+,59-,60+,61+,62+;;/m1../s1. The van der Waals surface area contributed by atoms with Crippen LogP contribution in [-0.4, -0.2) is 127 Å². The number of nitrogens with one attached hydrogen (secondary N) is 2. The van der Waals surface area contributed by atoms with Crippen LogP contribution in [0.1, 0.15) is 150 Å². The molecule has 8 bridgehead atoms. The molecular weight excluding hydrogens is 1270 g/mol. The number of aryl methyl sites for hydroxylation is 2. The van der Waals surface area contributed by atoms with E-state index in [1.54, 1.807) is 6.92 Å². The number of imidazole rings is 1. The molecule has 1 aromatic heterocycles. The molecule has 28 nitrogen and oxygen atoms in total. The number of benzene rings is 1. The molecule has 1 aromatic carbocycles. The van der Waals surface area contributed by atoms with E-state index in [0.29, 0.717) is 56.4 Å². The van der Waals surface area contributed by atoms with E-state index < -0.39 is 143 Å². The molecular formula is C63H89CoN14O14P-2. The van der Waals surface area contributed by atoms with E-state index in [0.717, 1.165) is 11.1 Å². The average Bonchev–Trinajstić information content (AvgIpc) is 1.53. The Labute approximate surface area is 551 Å². The van der Waals surface area contributed by atoms with Gasteiger partial charge in [0, 0.05) is 142 Å². The van der Waals surface area contributed by atoms with Gasteiger partial charge in [0.15, 0.2) is 6.23 Å².